The van der Waals surface area contributed by atoms with E-state index in [0.29, 0.717) is 22.6 Å². The van der Waals surface area contributed by atoms with Gasteiger partial charge in [-0.2, -0.15) is 0 Å². The van der Waals surface area contributed by atoms with Crippen molar-refractivity contribution in [1.82, 2.24) is 10.2 Å². The zero-order valence-corrected chi connectivity index (χ0v) is 19.7. The van der Waals surface area contributed by atoms with Crippen molar-refractivity contribution in [2.75, 3.05) is 18.4 Å². The molecule has 1 aromatic rings. The number of nitrogens with zero attached hydrogens (tertiary/aromatic N) is 2. The van der Waals surface area contributed by atoms with Crippen LogP contribution >= 0.6 is 11.6 Å². The van der Waals surface area contributed by atoms with Crippen molar-refractivity contribution < 1.29 is 8.42 Å². The number of nitrogens with one attached hydrogen (secondary N) is 2. The molecule has 0 spiro atoms. The summed E-state index contributed by atoms with van der Waals surface area (Å²) in [5, 5.41) is 6.30. The number of aliphatic imine (C=N–C) groups is 1. The fraction of sp³-hybridized carbons (Fsp3) is 0.591. The molecule has 9 heteroatoms. The first-order valence-corrected chi connectivity index (χ1v) is 13.0. The maximum atomic E-state index is 12.8. The van der Waals surface area contributed by atoms with Crippen LogP contribution in [0, 0.1) is 5.92 Å². The lowest BCUT2D eigenvalue weighted by molar-refractivity contribution is 0.0604. The first kappa shape index (κ1) is 22.6. The van der Waals surface area contributed by atoms with Gasteiger partial charge in [-0.3, -0.25) is 5.73 Å². The SMILES string of the molecule is CC(C)S(=O)(=O)c1ccccc1NC1=C(Cl)C=NC(N)(C2CCC(N3CCC3)CC2)N1. The van der Waals surface area contributed by atoms with Gasteiger partial charge < -0.3 is 15.5 Å². The van der Waals surface area contributed by atoms with Crippen molar-refractivity contribution in [1.29, 1.82) is 0 Å². The lowest BCUT2D eigenvalue weighted by Gasteiger charge is -2.46. The number of allylic oxidation sites excluding steroid dienone is 1. The van der Waals surface area contributed by atoms with Crippen LogP contribution in [0.1, 0.15) is 46.0 Å². The standard InChI is InChI=1S/C22H32ClN5O2S/c1-15(2)31(29,30)20-7-4-3-6-19(20)26-21-18(23)14-25-22(24,27-21)16-8-10-17(11-9-16)28-12-5-13-28/h3-4,6-7,14-17,26-27H,5,8-13,24H2,1-2H3. The zero-order valence-electron chi connectivity index (χ0n) is 18.1. The Morgan fingerprint density at radius 3 is 2.52 bits per heavy atom. The third kappa shape index (κ3) is 4.49. The first-order chi connectivity index (χ1) is 14.7. The molecule has 0 radical (unpaired) electrons. The Balaban J connectivity index is 1.50. The highest BCUT2D eigenvalue weighted by atomic mass is 35.5. The Morgan fingerprint density at radius 1 is 1.23 bits per heavy atom. The quantitative estimate of drug-likeness (QED) is 0.596. The van der Waals surface area contributed by atoms with Gasteiger partial charge in [0.05, 0.1) is 20.9 Å². The second-order valence-corrected chi connectivity index (χ2v) is 11.9. The molecular formula is C22H32ClN5O2S. The van der Waals surface area contributed by atoms with E-state index in [9.17, 15) is 8.42 Å². The van der Waals surface area contributed by atoms with Gasteiger partial charge in [0.1, 0.15) is 5.82 Å². The monoisotopic (exact) mass is 465 g/mol. The molecule has 2 heterocycles. The van der Waals surface area contributed by atoms with Gasteiger partial charge in [0.2, 0.25) is 0 Å². The lowest BCUT2D eigenvalue weighted by atomic mass is 9.80. The predicted octanol–water partition coefficient (Wildman–Crippen LogP) is 3.24. The van der Waals surface area contributed by atoms with Crippen LogP contribution in [0.15, 0.2) is 45.0 Å². The summed E-state index contributed by atoms with van der Waals surface area (Å²) in [6, 6.07) is 7.51. The Labute approximate surface area is 190 Å². The highest BCUT2D eigenvalue weighted by Gasteiger charge is 2.41. The van der Waals surface area contributed by atoms with E-state index in [0.717, 1.165) is 25.7 Å². The maximum absolute atomic E-state index is 12.8. The number of likely N-dealkylation sites (tertiary alicyclic amines) is 1. The highest BCUT2D eigenvalue weighted by Crippen LogP contribution is 2.36. The number of hydrogen-bond acceptors (Lipinski definition) is 7. The minimum atomic E-state index is -3.46. The molecule has 170 valence electrons. The molecule has 2 aliphatic heterocycles. The summed E-state index contributed by atoms with van der Waals surface area (Å²) in [6.07, 6.45) is 7.10. The molecule has 1 saturated heterocycles. The molecule has 2 fully saturated rings. The van der Waals surface area contributed by atoms with Gasteiger partial charge in [0.25, 0.3) is 0 Å². The Bertz CT molecular complexity index is 981. The fourth-order valence-electron chi connectivity index (χ4n) is 4.61. The molecule has 1 atom stereocenters. The molecule has 4 N–H and O–H groups in total. The lowest BCUT2D eigenvalue weighted by Crippen LogP contribution is -2.60. The maximum Gasteiger partial charge on any atom is 0.186 e. The van der Waals surface area contributed by atoms with E-state index in [1.807, 2.05) is 0 Å². The van der Waals surface area contributed by atoms with Crippen LogP contribution in [0.25, 0.3) is 0 Å². The third-order valence-electron chi connectivity index (χ3n) is 6.76. The molecule has 1 saturated carbocycles. The average molecular weight is 466 g/mol. The van der Waals surface area contributed by atoms with Gasteiger partial charge in [-0.25, -0.2) is 13.4 Å². The summed E-state index contributed by atoms with van der Waals surface area (Å²) in [5.74, 6) is -0.306. The van der Waals surface area contributed by atoms with Crippen LogP contribution in [0.2, 0.25) is 0 Å². The molecule has 0 aromatic heterocycles. The van der Waals surface area contributed by atoms with Crippen LogP contribution in [-0.4, -0.2) is 49.7 Å². The molecule has 1 aliphatic carbocycles. The second kappa shape index (κ2) is 8.73. The average Bonchev–Trinajstić information content (AvgIpc) is 2.70. The summed E-state index contributed by atoms with van der Waals surface area (Å²) in [6.45, 7) is 5.77. The van der Waals surface area contributed by atoms with Crippen LogP contribution in [0.3, 0.4) is 0 Å². The normalized spacial score (nSPS) is 29.6. The molecule has 1 aromatic carbocycles. The van der Waals surface area contributed by atoms with Gasteiger partial charge in [-0.15, -0.1) is 0 Å². The van der Waals surface area contributed by atoms with Crippen LogP contribution in [-0.2, 0) is 9.84 Å². The van der Waals surface area contributed by atoms with Gasteiger partial charge in [-0.1, -0.05) is 23.7 Å². The number of sulfone groups is 1. The number of nitrogens with two attached hydrogens (primary N) is 1. The number of benzene rings is 1. The summed E-state index contributed by atoms with van der Waals surface area (Å²) >= 11 is 6.41. The highest BCUT2D eigenvalue weighted by molar-refractivity contribution is 7.92. The topological polar surface area (TPSA) is 99.8 Å². The van der Waals surface area contributed by atoms with Crippen molar-refractivity contribution in [3.8, 4) is 0 Å². The molecule has 4 rings (SSSR count). The molecule has 0 amide bonds. The number of anilines is 1. The van der Waals surface area contributed by atoms with Gasteiger partial charge in [0, 0.05) is 18.2 Å². The van der Waals surface area contributed by atoms with Crippen molar-refractivity contribution >= 4 is 33.3 Å². The van der Waals surface area contributed by atoms with E-state index >= 15 is 0 Å². The Kier molecular flexibility index (Phi) is 6.36. The van der Waals surface area contributed by atoms with Crippen LogP contribution < -0.4 is 16.4 Å². The minimum Gasteiger partial charge on any atom is -0.340 e. The molecule has 31 heavy (non-hydrogen) atoms. The van der Waals surface area contributed by atoms with Crippen molar-refractivity contribution in [2.45, 2.75) is 67.9 Å². The molecular weight excluding hydrogens is 434 g/mol. The third-order valence-corrected chi connectivity index (χ3v) is 9.25. The number of halogens is 1. The second-order valence-electron chi connectivity index (χ2n) is 9.04. The van der Waals surface area contributed by atoms with Crippen LogP contribution in [0.5, 0.6) is 0 Å². The van der Waals surface area contributed by atoms with Crippen molar-refractivity contribution in [2.24, 2.45) is 16.6 Å². The molecule has 7 nitrogen and oxygen atoms in total. The molecule has 0 bridgehead atoms. The summed E-state index contributed by atoms with van der Waals surface area (Å²) in [4.78, 5) is 7.34. The number of rotatable bonds is 6. The Morgan fingerprint density at radius 2 is 1.90 bits per heavy atom. The fourth-order valence-corrected chi connectivity index (χ4v) is 5.96. The predicted molar refractivity (Wildman–Crippen MR) is 126 cm³/mol. The van der Waals surface area contributed by atoms with Gasteiger partial charge in [-0.05, 0) is 71.2 Å². The molecule has 1 unspecified atom stereocenters. The van der Waals surface area contributed by atoms with Crippen molar-refractivity contribution in [3.05, 3.63) is 35.1 Å². The van der Waals surface area contributed by atoms with E-state index in [4.69, 9.17) is 17.3 Å². The van der Waals surface area contributed by atoms with Crippen LogP contribution in [0.4, 0.5) is 5.69 Å². The van der Waals surface area contributed by atoms with E-state index in [1.165, 1.54) is 19.5 Å². The van der Waals surface area contributed by atoms with Gasteiger partial charge in [0.15, 0.2) is 15.6 Å². The molecule has 3 aliphatic rings. The van der Waals surface area contributed by atoms with Crippen molar-refractivity contribution in [3.63, 3.8) is 0 Å². The summed E-state index contributed by atoms with van der Waals surface area (Å²) in [5.41, 5.74) is 7.18. The summed E-state index contributed by atoms with van der Waals surface area (Å²) in [7, 11) is -3.46. The minimum absolute atomic E-state index is 0.178. The number of hydrogen-bond donors (Lipinski definition) is 3. The summed E-state index contributed by atoms with van der Waals surface area (Å²) < 4.78 is 25.6. The first-order valence-electron chi connectivity index (χ1n) is 11.1. The zero-order chi connectivity index (χ0) is 22.2. The number of para-hydroxylation sites is 1. The van der Waals surface area contributed by atoms with E-state index in [1.54, 1.807) is 44.3 Å². The smallest absolute Gasteiger partial charge is 0.186 e. The van der Waals surface area contributed by atoms with Gasteiger partial charge >= 0.3 is 0 Å². The largest absolute Gasteiger partial charge is 0.340 e. The Hall–Kier alpha value is -1.61. The van der Waals surface area contributed by atoms with E-state index < -0.39 is 20.9 Å². The van der Waals surface area contributed by atoms with E-state index in [2.05, 4.69) is 20.5 Å². The van der Waals surface area contributed by atoms with E-state index in [-0.39, 0.29) is 10.8 Å².